The topological polar surface area (TPSA) is 82.5 Å². The third kappa shape index (κ3) is 4.71. The zero-order chi connectivity index (χ0) is 22.5. The summed E-state index contributed by atoms with van der Waals surface area (Å²) in [5.74, 6) is 1.14. The van der Waals surface area contributed by atoms with Crippen LogP contribution in [0.4, 0.5) is 5.69 Å². The Bertz CT molecular complexity index is 1280. The second-order valence-corrected chi connectivity index (χ2v) is 8.07. The van der Waals surface area contributed by atoms with Gasteiger partial charge in [-0.3, -0.25) is 14.2 Å². The average Bonchev–Trinajstić information content (AvgIpc) is 3.15. The Hall–Kier alpha value is -3.49. The highest BCUT2D eigenvalue weighted by atomic mass is 32.1. The number of hydrogen-bond donors (Lipinski definition) is 1. The van der Waals surface area contributed by atoms with Crippen LogP contribution in [0.3, 0.4) is 0 Å². The van der Waals surface area contributed by atoms with Gasteiger partial charge in [0.15, 0.2) is 0 Å². The summed E-state index contributed by atoms with van der Waals surface area (Å²) in [7, 11) is 0. The van der Waals surface area contributed by atoms with E-state index in [1.807, 2.05) is 37.3 Å². The molecule has 7 nitrogen and oxygen atoms in total. The van der Waals surface area contributed by atoms with Gasteiger partial charge in [0.05, 0.1) is 29.7 Å². The minimum absolute atomic E-state index is 0.162. The molecule has 0 aliphatic carbocycles. The lowest BCUT2D eigenvalue weighted by Gasteiger charge is -2.08. The number of carbonyl (C=O) groups excluding carboxylic acids is 1. The summed E-state index contributed by atoms with van der Waals surface area (Å²) in [6.45, 7) is 5.13. The molecule has 0 atom stereocenters. The number of anilines is 1. The van der Waals surface area contributed by atoms with Gasteiger partial charge in [-0.2, -0.15) is 0 Å². The molecule has 0 bridgehead atoms. The molecule has 32 heavy (non-hydrogen) atoms. The summed E-state index contributed by atoms with van der Waals surface area (Å²) in [4.78, 5) is 31.1. The largest absolute Gasteiger partial charge is 0.457 e. The summed E-state index contributed by atoms with van der Waals surface area (Å²) in [5.41, 5.74) is 1.11. The highest BCUT2D eigenvalue weighted by Crippen LogP contribution is 2.28. The summed E-state index contributed by atoms with van der Waals surface area (Å²) >= 11 is 1.21. The van der Waals surface area contributed by atoms with Gasteiger partial charge in [-0.1, -0.05) is 18.2 Å². The second kappa shape index (κ2) is 9.76. The van der Waals surface area contributed by atoms with Crippen LogP contribution in [0.5, 0.6) is 11.5 Å². The molecule has 0 unspecified atom stereocenters. The third-order valence-corrected chi connectivity index (χ3v) is 6.09. The molecule has 2 aromatic carbocycles. The monoisotopic (exact) mass is 449 g/mol. The first-order chi connectivity index (χ1) is 15.6. The quantitative estimate of drug-likeness (QED) is 0.389. The molecular formula is C24H23N3O4S. The van der Waals surface area contributed by atoms with E-state index < -0.39 is 0 Å². The molecule has 0 saturated heterocycles. The van der Waals surface area contributed by atoms with E-state index in [1.54, 1.807) is 31.2 Å². The maximum absolute atomic E-state index is 12.9. The Morgan fingerprint density at radius 1 is 1.09 bits per heavy atom. The lowest BCUT2D eigenvalue weighted by molar-refractivity contribution is 0.103. The number of aromatic nitrogens is 2. The predicted octanol–water partition coefficient (Wildman–Crippen LogP) is 4.85. The van der Waals surface area contributed by atoms with Crippen LogP contribution in [0.15, 0.2) is 65.7 Å². The maximum Gasteiger partial charge on any atom is 0.266 e. The van der Waals surface area contributed by atoms with E-state index in [4.69, 9.17) is 9.47 Å². The fourth-order valence-corrected chi connectivity index (χ4v) is 4.30. The van der Waals surface area contributed by atoms with E-state index in [-0.39, 0.29) is 11.5 Å². The van der Waals surface area contributed by atoms with Crippen molar-refractivity contribution in [1.29, 1.82) is 0 Å². The molecule has 0 radical (unpaired) electrons. The van der Waals surface area contributed by atoms with Crippen LogP contribution in [-0.4, -0.2) is 28.7 Å². The molecule has 0 aliphatic rings. The van der Waals surface area contributed by atoms with E-state index in [1.165, 1.54) is 22.2 Å². The fraction of sp³-hybridized carbons (Fsp3) is 0.208. The van der Waals surface area contributed by atoms with Gasteiger partial charge in [0.2, 0.25) is 0 Å². The molecular weight excluding hydrogens is 426 g/mol. The predicted molar refractivity (Wildman–Crippen MR) is 126 cm³/mol. The third-order valence-electron chi connectivity index (χ3n) is 4.90. The van der Waals surface area contributed by atoms with Gasteiger partial charge in [0.25, 0.3) is 11.5 Å². The van der Waals surface area contributed by atoms with E-state index in [0.29, 0.717) is 51.9 Å². The Morgan fingerprint density at radius 3 is 2.53 bits per heavy atom. The van der Waals surface area contributed by atoms with Crippen molar-refractivity contribution < 1.29 is 14.3 Å². The first-order valence-electron chi connectivity index (χ1n) is 10.3. The number of rotatable bonds is 8. The molecule has 2 aromatic heterocycles. The standard InChI is InChI=1S/C24H23N3O4S/c1-3-30-14-13-27-15-25-23-20(24(27)29)16(2)21(32-23)22(28)26-17-9-11-19(12-10-17)31-18-7-5-4-6-8-18/h4-12,15H,3,13-14H2,1-2H3,(H,26,28). The molecule has 0 saturated carbocycles. The number of ether oxygens (including phenoxy) is 2. The van der Waals surface area contributed by atoms with E-state index >= 15 is 0 Å². The number of para-hydroxylation sites is 1. The normalized spacial score (nSPS) is 10.9. The lowest BCUT2D eigenvalue weighted by Crippen LogP contribution is -2.23. The van der Waals surface area contributed by atoms with Gasteiger partial charge >= 0.3 is 0 Å². The van der Waals surface area contributed by atoms with Gasteiger partial charge in [-0.15, -0.1) is 11.3 Å². The maximum atomic E-state index is 12.9. The van der Waals surface area contributed by atoms with Crippen molar-refractivity contribution >= 4 is 33.1 Å². The minimum Gasteiger partial charge on any atom is -0.457 e. The van der Waals surface area contributed by atoms with Crippen LogP contribution in [0.1, 0.15) is 22.2 Å². The lowest BCUT2D eigenvalue weighted by atomic mass is 10.2. The van der Waals surface area contributed by atoms with Gasteiger partial charge < -0.3 is 14.8 Å². The van der Waals surface area contributed by atoms with Crippen molar-refractivity contribution in [3.8, 4) is 11.5 Å². The van der Waals surface area contributed by atoms with Crippen molar-refractivity contribution in [2.45, 2.75) is 20.4 Å². The zero-order valence-electron chi connectivity index (χ0n) is 17.8. The molecule has 4 aromatic rings. The molecule has 0 fully saturated rings. The Labute approximate surface area is 189 Å². The summed E-state index contributed by atoms with van der Waals surface area (Å²) in [6.07, 6.45) is 1.51. The number of aryl methyl sites for hydroxylation is 1. The molecule has 1 amide bonds. The van der Waals surface area contributed by atoms with Gasteiger partial charge in [0, 0.05) is 12.3 Å². The highest BCUT2D eigenvalue weighted by molar-refractivity contribution is 7.20. The number of benzene rings is 2. The van der Waals surface area contributed by atoms with Crippen LogP contribution in [0.2, 0.25) is 0 Å². The number of fused-ring (bicyclic) bond motifs is 1. The van der Waals surface area contributed by atoms with E-state index in [9.17, 15) is 9.59 Å². The Morgan fingerprint density at radius 2 is 1.81 bits per heavy atom. The van der Waals surface area contributed by atoms with Crippen molar-refractivity contribution in [1.82, 2.24) is 9.55 Å². The highest BCUT2D eigenvalue weighted by Gasteiger charge is 2.19. The molecule has 1 N–H and O–H groups in total. The second-order valence-electron chi connectivity index (χ2n) is 7.07. The fourth-order valence-electron chi connectivity index (χ4n) is 3.26. The van der Waals surface area contributed by atoms with Gasteiger partial charge in [-0.05, 0) is 55.8 Å². The first-order valence-corrected chi connectivity index (χ1v) is 11.1. The van der Waals surface area contributed by atoms with Crippen molar-refractivity contribution in [3.63, 3.8) is 0 Å². The van der Waals surface area contributed by atoms with Crippen LogP contribution in [0.25, 0.3) is 10.2 Å². The number of hydrogen-bond acceptors (Lipinski definition) is 6. The average molecular weight is 450 g/mol. The number of nitrogens with zero attached hydrogens (tertiary/aromatic N) is 2. The number of carbonyl (C=O) groups is 1. The summed E-state index contributed by atoms with van der Waals surface area (Å²) in [6, 6.07) is 16.6. The number of amides is 1. The Kier molecular flexibility index (Phi) is 6.63. The molecule has 2 heterocycles. The SMILES string of the molecule is CCOCCn1cnc2sc(C(=O)Nc3ccc(Oc4ccccc4)cc3)c(C)c2c1=O. The zero-order valence-corrected chi connectivity index (χ0v) is 18.6. The molecule has 4 rings (SSSR count). The molecule has 0 spiro atoms. The summed E-state index contributed by atoms with van der Waals surface area (Å²) in [5, 5.41) is 3.36. The van der Waals surface area contributed by atoms with Crippen LogP contribution in [0, 0.1) is 6.92 Å². The van der Waals surface area contributed by atoms with E-state index in [2.05, 4.69) is 10.3 Å². The summed E-state index contributed by atoms with van der Waals surface area (Å²) < 4.78 is 12.6. The molecule has 164 valence electrons. The Balaban J connectivity index is 1.50. The van der Waals surface area contributed by atoms with Crippen LogP contribution >= 0.6 is 11.3 Å². The minimum atomic E-state index is -0.275. The van der Waals surface area contributed by atoms with Gasteiger partial charge in [0.1, 0.15) is 16.3 Å². The molecule has 0 aliphatic heterocycles. The number of thiophene rings is 1. The van der Waals surface area contributed by atoms with Crippen LogP contribution < -0.4 is 15.6 Å². The number of nitrogens with one attached hydrogen (secondary N) is 1. The first kappa shape index (κ1) is 21.7. The smallest absolute Gasteiger partial charge is 0.266 e. The van der Waals surface area contributed by atoms with Crippen molar-refractivity contribution in [3.05, 3.63) is 81.7 Å². The van der Waals surface area contributed by atoms with Gasteiger partial charge in [-0.25, -0.2) is 4.98 Å². The van der Waals surface area contributed by atoms with E-state index in [0.717, 1.165) is 5.75 Å². The van der Waals surface area contributed by atoms with Crippen LogP contribution in [-0.2, 0) is 11.3 Å². The van der Waals surface area contributed by atoms with Crippen molar-refractivity contribution in [2.75, 3.05) is 18.5 Å². The van der Waals surface area contributed by atoms with Crippen molar-refractivity contribution in [2.24, 2.45) is 0 Å². The molecule has 8 heteroatoms.